The van der Waals surface area contributed by atoms with Crippen molar-refractivity contribution in [1.82, 2.24) is 0 Å². The fraction of sp³-hybridized carbons (Fsp3) is 0.0625. The minimum absolute atomic E-state index is 0.151. The van der Waals surface area contributed by atoms with E-state index < -0.39 is 15.9 Å². The second kappa shape index (κ2) is 6.55. The monoisotopic (exact) mass is 318 g/mol. The SMILES string of the molecule is O=C(C=Cc1ccc(O)cc1)c1ccc(CS(=O)(=O)O)cc1. The van der Waals surface area contributed by atoms with Gasteiger partial charge in [-0.3, -0.25) is 9.35 Å². The topological polar surface area (TPSA) is 91.7 Å². The molecule has 0 aliphatic heterocycles. The van der Waals surface area contributed by atoms with Gasteiger partial charge in [0, 0.05) is 5.56 Å². The van der Waals surface area contributed by atoms with E-state index in [2.05, 4.69) is 0 Å². The molecule has 0 aromatic heterocycles. The molecule has 5 nitrogen and oxygen atoms in total. The minimum Gasteiger partial charge on any atom is -0.508 e. The Hall–Kier alpha value is -2.44. The van der Waals surface area contributed by atoms with Gasteiger partial charge in [0.1, 0.15) is 11.5 Å². The Morgan fingerprint density at radius 1 is 1.00 bits per heavy atom. The first-order chi connectivity index (χ1) is 10.3. The van der Waals surface area contributed by atoms with Crippen molar-refractivity contribution >= 4 is 22.0 Å². The molecule has 0 unspecified atom stereocenters. The van der Waals surface area contributed by atoms with Crippen LogP contribution in [0, 0.1) is 0 Å². The van der Waals surface area contributed by atoms with Crippen LogP contribution in [0.1, 0.15) is 21.5 Å². The maximum atomic E-state index is 12.0. The molecule has 0 aliphatic rings. The summed E-state index contributed by atoms with van der Waals surface area (Å²) in [6.07, 6.45) is 3.01. The average molecular weight is 318 g/mol. The lowest BCUT2D eigenvalue weighted by molar-refractivity contribution is 0.104. The van der Waals surface area contributed by atoms with Gasteiger partial charge in [0.2, 0.25) is 0 Å². The number of phenols is 1. The van der Waals surface area contributed by atoms with Crippen molar-refractivity contribution in [2.45, 2.75) is 5.75 Å². The van der Waals surface area contributed by atoms with Crippen molar-refractivity contribution in [2.24, 2.45) is 0 Å². The third kappa shape index (κ3) is 4.83. The van der Waals surface area contributed by atoms with Gasteiger partial charge in [0.05, 0.1) is 0 Å². The number of hydrogen-bond donors (Lipinski definition) is 2. The summed E-state index contributed by atoms with van der Waals surface area (Å²) in [6, 6.07) is 12.4. The zero-order valence-electron chi connectivity index (χ0n) is 11.5. The number of aromatic hydroxyl groups is 1. The first kappa shape index (κ1) is 15.9. The molecule has 0 aliphatic carbocycles. The third-order valence-corrected chi connectivity index (χ3v) is 3.61. The van der Waals surface area contributed by atoms with Gasteiger partial charge < -0.3 is 5.11 Å². The summed E-state index contributed by atoms with van der Waals surface area (Å²) in [5.74, 6) is -0.561. The summed E-state index contributed by atoms with van der Waals surface area (Å²) < 4.78 is 30.3. The third-order valence-electron chi connectivity index (χ3n) is 2.91. The van der Waals surface area contributed by atoms with Crippen LogP contribution in [-0.4, -0.2) is 23.9 Å². The molecule has 0 fully saturated rings. The zero-order valence-corrected chi connectivity index (χ0v) is 12.3. The van der Waals surface area contributed by atoms with Gasteiger partial charge in [0.25, 0.3) is 10.1 Å². The second-order valence-corrected chi connectivity index (χ2v) is 6.16. The number of carbonyl (C=O) groups is 1. The molecule has 2 rings (SSSR count). The largest absolute Gasteiger partial charge is 0.508 e. The lowest BCUT2D eigenvalue weighted by atomic mass is 10.1. The molecule has 0 heterocycles. The van der Waals surface area contributed by atoms with Crippen LogP contribution in [0.5, 0.6) is 5.75 Å². The Balaban J connectivity index is 2.08. The molecular formula is C16H14O5S. The van der Waals surface area contributed by atoms with Gasteiger partial charge in [0.15, 0.2) is 5.78 Å². The van der Waals surface area contributed by atoms with E-state index in [1.54, 1.807) is 18.2 Å². The van der Waals surface area contributed by atoms with E-state index >= 15 is 0 Å². The van der Waals surface area contributed by atoms with Gasteiger partial charge in [-0.1, -0.05) is 42.5 Å². The predicted octanol–water partition coefficient (Wildman–Crippen LogP) is 2.68. The van der Waals surface area contributed by atoms with Crippen molar-refractivity contribution in [1.29, 1.82) is 0 Å². The molecule has 6 heteroatoms. The number of carbonyl (C=O) groups excluding carboxylic acids is 1. The molecule has 0 saturated carbocycles. The highest BCUT2D eigenvalue weighted by molar-refractivity contribution is 7.85. The Labute approximate surface area is 128 Å². The molecular weight excluding hydrogens is 304 g/mol. The highest BCUT2D eigenvalue weighted by Gasteiger charge is 2.07. The highest BCUT2D eigenvalue weighted by atomic mass is 32.2. The van der Waals surface area contributed by atoms with Gasteiger partial charge in [-0.05, 0) is 29.3 Å². The number of allylic oxidation sites excluding steroid dienone is 1. The van der Waals surface area contributed by atoms with E-state index in [1.807, 2.05) is 0 Å². The molecule has 2 N–H and O–H groups in total. The summed E-state index contributed by atoms with van der Waals surface area (Å²) in [7, 11) is -4.08. The summed E-state index contributed by atoms with van der Waals surface area (Å²) in [5.41, 5.74) is 1.59. The number of benzene rings is 2. The summed E-state index contributed by atoms with van der Waals surface area (Å²) in [5, 5.41) is 9.17. The Morgan fingerprint density at radius 2 is 1.59 bits per heavy atom. The predicted molar refractivity (Wildman–Crippen MR) is 83.2 cm³/mol. The first-order valence-corrected chi connectivity index (χ1v) is 8.00. The normalized spacial score (nSPS) is 11.7. The molecule has 0 spiro atoms. The quantitative estimate of drug-likeness (QED) is 0.502. The van der Waals surface area contributed by atoms with Crippen molar-refractivity contribution in [3.63, 3.8) is 0 Å². The average Bonchev–Trinajstić information content (AvgIpc) is 2.45. The van der Waals surface area contributed by atoms with Gasteiger partial charge >= 0.3 is 0 Å². The Morgan fingerprint density at radius 3 is 2.14 bits per heavy atom. The highest BCUT2D eigenvalue weighted by Crippen LogP contribution is 2.12. The Kier molecular flexibility index (Phi) is 4.75. The van der Waals surface area contributed by atoms with Crippen LogP contribution in [-0.2, 0) is 15.9 Å². The molecule has 0 radical (unpaired) electrons. The smallest absolute Gasteiger partial charge is 0.269 e. The zero-order chi connectivity index (χ0) is 16.2. The molecule has 0 saturated heterocycles. The van der Waals surface area contributed by atoms with E-state index in [4.69, 9.17) is 9.66 Å². The van der Waals surface area contributed by atoms with E-state index in [1.165, 1.54) is 42.5 Å². The number of phenolic OH excluding ortho intramolecular Hbond substituents is 1. The summed E-state index contributed by atoms with van der Waals surface area (Å²) in [6.45, 7) is 0. The summed E-state index contributed by atoms with van der Waals surface area (Å²) >= 11 is 0. The van der Waals surface area contributed by atoms with Crippen molar-refractivity contribution in [3.8, 4) is 5.75 Å². The number of rotatable bonds is 5. The van der Waals surface area contributed by atoms with E-state index in [9.17, 15) is 13.2 Å². The lowest BCUT2D eigenvalue weighted by Gasteiger charge is -2.00. The van der Waals surface area contributed by atoms with Gasteiger partial charge in [-0.25, -0.2) is 0 Å². The van der Waals surface area contributed by atoms with Gasteiger partial charge in [-0.15, -0.1) is 0 Å². The Bertz CT molecular complexity index is 787. The molecule has 0 bridgehead atoms. The summed E-state index contributed by atoms with van der Waals surface area (Å²) in [4.78, 5) is 12.0. The minimum atomic E-state index is -4.08. The van der Waals surface area contributed by atoms with Gasteiger partial charge in [-0.2, -0.15) is 8.42 Å². The van der Waals surface area contributed by atoms with Crippen LogP contribution in [0.2, 0.25) is 0 Å². The molecule has 0 amide bonds. The molecule has 22 heavy (non-hydrogen) atoms. The van der Waals surface area contributed by atoms with Crippen molar-refractivity contribution in [3.05, 3.63) is 71.3 Å². The van der Waals surface area contributed by atoms with Crippen LogP contribution < -0.4 is 0 Å². The molecule has 114 valence electrons. The van der Waals surface area contributed by atoms with Crippen molar-refractivity contribution < 1.29 is 22.9 Å². The van der Waals surface area contributed by atoms with Crippen LogP contribution in [0.3, 0.4) is 0 Å². The van der Waals surface area contributed by atoms with E-state index in [0.717, 1.165) is 5.56 Å². The van der Waals surface area contributed by atoms with E-state index in [-0.39, 0.29) is 11.5 Å². The second-order valence-electron chi connectivity index (χ2n) is 4.71. The standard InChI is InChI=1S/C16H14O5S/c17-15-8-3-12(4-9-15)5-10-16(18)14-6-1-13(2-7-14)11-22(19,20)21/h1-10,17H,11H2,(H,19,20,21). The molecule has 2 aromatic carbocycles. The number of ketones is 1. The van der Waals surface area contributed by atoms with E-state index in [0.29, 0.717) is 11.1 Å². The fourth-order valence-corrected chi connectivity index (χ4v) is 2.44. The lowest BCUT2D eigenvalue weighted by Crippen LogP contribution is -2.02. The first-order valence-electron chi connectivity index (χ1n) is 6.39. The van der Waals surface area contributed by atoms with Crippen molar-refractivity contribution in [2.75, 3.05) is 0 Å². The fourth-order valence-electron chi connectivity index (χ4n) is 1.83. The molecule has 0 atom stereocenters. The maximum Gasteiger partial charge on any atom is 0.269 e. The molecule has 2 aromatic rings. The number of hydrogen-bond acceptors (Lipinski definition) is 4. The maximum absolute atomic E-state index is 12.0. The van der Waals surface area contributed by atoms with Crippen LogP contribution in [0.4, 0.5) is 0 Å². The van der Waals surface area contributed by atoms with Crippen LogP contribution in [0.25, 0.3) is 6.08 Å². The van der Waals surface area contributed by atoms with Crippen LogP contribution >= 0.6 is 0 Å². The van der Waals surface area contributed by atoms with Crippen LogP contribution in [0.15, 0.2) is 54.6 Å².